The van der Waals surface area contributed by atoms with Crippen molar-refractivity contribution in [3.8, 4) is 5.75 Å². The van der Waals surface area contributed by atoms with Gasteiger partial charge in [0.25, 0.3) is 0 Å². The number of hydrogen-bond acceptors (Lipinski definition) is 3. The fourth-order valence-electron chi connectivity index (χ4n) is 3.15. The maximum atomic E-state index is 12.4. The number of aliphatic hydroxyl groups is 1. The van der Waals surface area contributed by atoms with Crippen LogP contribution in [0.1, 0.15) is 15.9 Å². The molecule has 4 rings (SSSR count). The summed E-state index contributed by atoms with van der Waals surface area (Å²) in [5, 5.41) is 14.9. The Labute approximate surface area is 157 Å². The fraction of sp³-hybridized carbons (Fsp3) is 0.0417. The Morgan fingerprint density at radius 2 is 1.37 bits per heavy atom. The first-order valence-electron chi connectivity index (χ1n) is 8.66. The highest BCUT2D eigenvalue weighted by Gasteiger charge is 2.08. The molecule has 0 saturated heterocycles. The van der Waals surface area contributed by atoms with Crippen molar-refractivity contribution >= 4 is 33.1 Å². The van der Waals surface area contributed by atoms with Gasteiger partial charge in [0.15, 0.2) is 5.78 Å². The highest BCUT2D eigenvalue weighted by Crippen LogP contribution is 2.26. The number of rotatable bonds is 4. The molecule has 0 amide bonds. The van der Waals surface area contributed by atoms with Gasteiger partial charge in [-0.05, 0) is 64.0 Å². The molecule has 0 aromatic heterocycles. The molecule has 0 atom stereocenters. The number of allylic oxidation sites excluding steroid dienone is 1. The number of carbonyl (C=O) groups is 1. The standard InChI is InChI=1S/C24H18O3/c1-27-22-10-8-16(9-11-22)23(25)15-24(26)20-7-6-19-12-17-4-2-3-5-18(17)13-21(19)14-20/h2-15,26H,1H3/b24-15-. The molecular weight excluding hydrogens is 336 g/mol. The minimum absolute atomic E-state index is 0.0501. The lowest BCUT2D eigenvalue weighted by Gasteiger charge is -2.06. The summed E-state index contributed by atoms with van der Waals surface area (Å²) in [4.78, 5) is 12.4. The zero-order valence-corrected chi connectivity index (χ0v) is 14.8. The molecule has 132 valence electrons. The second-order valence-corrected chi connectivity index (χ2v) is 6.38. The van der Waals surface area contributed by atoms with Gasteiger partial charge >= 0.3 is 0 Å². The van der Waals surface area contributed by atoms with Gasteiger partial charge in [-0.15, -0.1) is 0 Å². The predicted octanol–water partition coefficient (Wildman–Crippen LogP) is 5.78. The molecule has 0 radical (unpaired) electrons. The van der Waals surface area contributed by atoms with Crippen molar-refractivity contribution in [3.05, 3.63) is 96.1 Å². The Kier molecular flexibility index (Phi) is 4.35. The van der Waals surface area contributed by atoms with Crippen molar-refractivity contribution < 1.29 is 14.6 Å². The molecule has 3 nitrogen and oxygen atoms in total. The summed E-state index contributed by atoms with van der Waals surface area (Å²) in [6.45, 7) is 0. The van der Waals surface area contributed by atoms with E-state index in [9.17, 15) is 9.90 Å². The van der Waals surface area contributed by atoms with Crippen LogP contribution in [0.3, 0.4) is 0 Å². The van der Waals surface area contributed by atoms with Crippen LogP contribution in [0.25, 0.3) is 27.3 Å². The molecule has 0 fully saturated rings. The molecule has 4 aromatic carbocycles. The lowest BCUT2D eigenvalue weighted by atomic mass is 10.0. The highest BCUT2D eigenvalue weighted by molar-refractivity contribution is 6.08. The molecule has 0 saturated carbocycles. The highest BCUT2D eigenvalue weighted by atomic mass is 16.5. The van der Waals surface area contributed by atoms with E-state index in [2.05, 4.69) is 24.3 Å². The number of methoxy groups -OCH3 is 1. The van der Waals surface area contributed by atoms with Gasteiger partial charge in [-0.1, -0.05) is 36.4 Å². The van der Waals surface area contributed by atoms with Crippen molar-refractivity contribution in [2.24, 2.45) is 0 Å². The van der Waals surface area contributed by atoms with Crippen molar-refractivity contribution in [2.75, 3.05) is 7.11 Å². The number of benzene rings is 4. The van der Waals surface area contributed by atoms with Crippen LogP contribution < -0.4 is 4.74 Å². The van der Waals surface area contributed by atoms with Crippen LogP contribution in [0.2, 0.25) is 0 Å². The van der Waals surface area contributed by atoms with E-state index in [1.54, 1.807) is 31.4 Å². The molecule has 1 N–H and O–H groups in total. The number of fused-ring (bicyclic) bond motifs is 2. The summed E-state index contributed by atoms with van der Waals surface area (Å²) in [5.74, 6) is 0.376. The minimum atomic E-state index is -0.256. The first-order valence-corrected chi connectivity index (χ1v) is 8.66. The third kappa shape index (κ3) is 3.40. The summed E-state index contributed by atoms with van der Waals surface area (Å²) < 4.78 is 5.09. The predicted molar refractivity (Wildman–Crippen MR) is 109 cm³/mol. The average molecular weight is 354 g/mol. The largest absolute Gasteiger partial charge is 0.507 e. The number of ketones is 1. The second-order valence-electron chi connectivity index (χ2n) is 6.38. The summed E-state index contributed by atoms with van der Waals surface area (Å²) in [6.07, 6.45) is 1.25. The zero-order valence-electron chi connectivity index (χ0n) is 14.8. The minimum Gasteiger partial charge on any atom is -0.507 e. The van der Waals surface area contributed by atoms with Gasteiger partial charge in [0.1, 0.15) is 11.5 Å². The van der Waals surface area contributed by atoms with Crippen molar-refractivity contribution in [3.63, 3.8) is 0 Å². The smallest absolute Gasteiger partial charge is 0.189 e. The van der Waals surface area contributed by atoms with Crippen LogP contribution in [-0.2, 0) is 0 Å². The van der Waals surface area contributed by atoms with Gasteiger partial charge < -0.3 is 9.84 Å². The maximum absolute atomic E-state index is 12.4. The van der Waals surface area contributed by atoms with E-state index < -0.39 is 0 Å². The van der Waals surface area contributed by atoms with E-state index in [1.807, 2.05) is 30.3 Å². The van der Waals surface area contributed by atoms with Gasteiger partial charge in [0, 0.05) is 17.2 Å². The molecular formula is C24H18O3. The lowest BCUT2D eigenvalue weighted by molar-refractivity contribution is 0.104. The van der Waals surface area contributed by atoms with Crippen LogP contribution in [0.15, 0.2) is 84.9 Å². The molecule has 0 heterocycles. The monoisotopic (exact) mass is 354 g/mol. The van der Waals surface area contributed by atoms with Crippen LogP contribution in [0.5, 0.6) is 5.75 Å². The summed E-state index contributed by atoms with van der Waals surface area (Å²) in [7, 11) is 1.57. The molecule has 0 aliphatic carbocycles. The quantitative estimate of drug-likeness (QED) is 0.219. The van der Waals surface area contributed by atoms with Crippen LogP contribution >= 0.6 is 0 Å². The average Bonchev–Trinajstić information content (AvgIpc) is 2.71. The molecule has 0 spiro atoms. The Hall–Kier alpha value is -3.59. The second kappa shape index (κ2) is 6.96. The van der Waals surface area contributed by atoms with Gasteiger partial charge in [-0.3, -0.25) is 4.79 Å². The van der Waals surface area contributed by atoms with E-state index in [1.165, 1.54) is 11.5 Å². The summed E-state index contributed by atoms with van der Waals surface area (Å²) in [6, 6.07) is 24.8. The topological polar surface area (TPSA) is 46.5 Å². The Morgan fingerprint density at radius 1 is 0.778 bits per heavy atom. The number of aliphatic hydroxyl groups excluding tert-OH is 1. The molecule has 0 aliphatic heterocycles. The van der Waals surface area contributed by atoms with Gasteiger partial charge in [-0.2, -0.15) is 0 Å². The third-order valence-electron chi connectivity index (χ3n) is 4.64. The normalized spacial score (nSPS) is 11.7. The molecule has 4 aromatic rings. The summed E-state index contributed by atoms with van der Waals surface area (Å²) in [5.41, 5.74) is 1.11. The molecule has 0 aliphatic rings. The Morgan fingerprint density at radius 3 is 2.04 bits per heavy atom. The van der Waals surface area contributed by atoms with Gasteiger partial charge in [-0.25, -0.2) is 0 Å². The fourth-order valence-corrected chi connectivity index (χ4v) is 3.15. The Balaban J connectivity index is 1.68. The number of carbonyl (C=O) groups excluding carboxylic acids is 1. The van der Waals surface area contributed by atoms with Crippen molar-refractivity contribution in [2.45, 2.75) is 0 Å². The van der Waals surface area contributed by atoms with Crippen molar-refractivity contribution in [1.82, 2.24) is 0 Å². The lowest BCUT2D eigenvalue weighted by Crippen LogP contribution is -1.97. The van der Waals surface area contributed by atoms with E-state index in [4.69, 9.17) is 4.74 Å². The van der Waals surface area contributed by atoms with E-state index >= 15 is 0 Å². The van der Waals surface area contributed by atoms with Crippen LogP contribution in [-0.4, -0.2) is 18.0 Å². The Bertz CT molecular complexity index is 1170. The van der Waals surface area contributed by atoms with E-state index in [0.717, 1.165) is 16.2 Å². The first-order chi connectivity index (χ1) is 13.1. The van der Waals surface area contributed by atoms with E-state index in [-0.39, 0.29) is 11.5 Å². The zero-order chi connectivity index (χ0) is 18.8. The summed E-state index contributed by atoms with van der Waals surface area (Å²) >= 11 is 0. The van der Waals surface area contributed by atoms with E-state index in [0.29, 0.717) is 16.9 Å². The maximum Gasteiger partial charge on any atom is 0.189 e. The van der Waals surface area contributed by atoms with Crippen LogP contribution in [0, 0.1) is 0 Å². The van der Waals surface area contributed by atoms with Gasteiger partial charge in [0.05, 0.1) is 7.11 Å². The van der Waals surface area contributed by atoms with Crippen LogP contribution in [0.4, 0.5) is 0 Å². The SMILES string of the molecule is COc1ccc(C(=O)/C=C(\O)c2ccc3cc4ccccc4cc3c2)cc1. The molecule has 27 heavy (non-hydrogen) atoms. The molecule has 0 unspecified atom stereocenters. The van der Waals surface area contributed by atoms with Gasteiger partial charge in [0.2, 0.25) is 0 Å². The molecule has 3 heteroatoms. The number of ether oxygens (including phenoxy) is 1. The molecule has 0 bridgehead atoms. The number of hydrogen-bond donors (Lipinski definition) is 1. The first kappa shape index (κ1) is 16.9. The van der Waals surface area contributed by atoms with Crippen molar-refractivity contribution in [1.29, 1.82) is 0 Å². The third-order valence-corrected chi connectivity index (χ3v) is 4.64.